The molecule has 0 unspecified atom stereocenters. The van der Waals surface area contributed by atoms with E-state index in [4.69, 9.17) is 9.47 Å². The minimum Gasteiger partial charge on any atom is -0.458 e. The Balaban J connectivity index is 1.20. The molecule has 4 bridgehead atoms. The number of amides is 1. The van der Waals surface area contributed by atoms with Gasteiger partial charge in [0.25, 0.3) is 5.91 Å². The number of hydrogen-bond acceptors (Lipinski definition) is 6. The van der Waals surface area contributed by atoms with Crippen LogP contribution in [0.1, 0.15) is 88.9 Å². The van der Waals surface area contributed by atoms with Crippen LogP contribution in [0.4, 0.5) is 5.69 Å². The van der Waals surface area contributed by atoms with E-state index in [1.807, 2.05) is 0 Å². The van der Waals surface area contributed by atoms with Crippen LogP contribution in [0.2, 0.25) is 0 Å². The van der Waals surface area contributed by atoms with Gasteiger partial charge in [0, 0.05) is 0 Å². The van der Waals surface area contributed by atoms with Crippen molar-refractivity contribution in [1.82, 2.24) is 0 Å². The topological polar surface area (TPSA) is 102 Å². The second-order valence-electron chi connectivity index (χ2n) is 12.9. The number of carbonyl (C=O) groups excluding carboxylic acids is 3. The van der Waals surface area contributed by atoms with Gasteiger partial charge in [0.1, 0.15) is 6.10 Å². The van der Waals surface area contributed by atoms with Gasteiger partial charge in [-0.1, -0.05) is 39.3 Å². The zero-order chi connectivity index (χ0) is 26.4. The van der Waals surface area contributed by atoms with Gasteiger partial charge in [-0.2, -0.15) is 0 Å². The molecular formula is C30H41NO6. The van der Waals surface area contributed by atoms with Crippen molar-refractivity contribution in [3.63, 3.8) is 0 Å². The molecule has 2 N–H and O–H groups in total. The summed E-state index contributed by atoms with van der Waals surface area (Å²) in [5.74, 6) is 0.637. The summed E-state index contributed by atoms with van der Waals surface area (Å²) in [6, 6.07) is 6.80. The number of aliphatic hydroxyl groups is 1. The van der Waals surface area contributed by atoms with Gasteiger partial charge in [-0.05, 0) is 93.1 Å². The van der Waals surface area contributed by atoms with Gasteiger partial charge in [0.2, 0.25) is 0 Å². The lowest BCUT2D eigenvalue weighted by molar-refractivity contribution is -0.196. The molecule has 5 aliphatic carbocycles. The summed E-state index contributed by atoms with van der Waals surface area (Å²) in [5, 5.41) is 13.7. The minimum absolute atomic E-state index is 0.143. The monoisotopic (exact) mass is 511 g/mol. The number of para-hydroxylation sites is 1. The first-order chi connectivity index (χ1) is 17.6. The van der Waals surface area contributed by atoms with Crippen molar-refractivity contribution in [3.8, 4) is 0 Å². The Morgan fingerprint density at radius 1 is 1.05 bits per heavy atom. The number of rotatable bonds is 7. The van der Waals surface area contributed by atoms with E-state index >= 15 is 0 Å². The molecule has 7 heteroatoms. The molecule has 0 saturated heterocycles. The maximum atomic E-state index is 13.2. The van der Waals surface area contributed by atoms with Crippen molar-refractivity contribution in [2.45, 2.75) is 90.3 Å². The summed E-state index contributed by atoms with van der Waals surface area (Å²) >= 11 is 0. The minimum atomic E-state index is -0.768. The highest BCUT2D eigenvalue weighted by Crippen LogP contribution is 2.62. The van der Waals surface area contributed by atoms with Gasteiger partial charge in [0.05, 0.1) is 22.3 Å². The van der Waals surface area contributed by atoms with Crippen LogP contribution in [0.25, 0.3) is 0 Å². The number of anilines is 1. The largest absolute Gasteiger partial charge is 0.458 e. The first-order valence-electron chi connectivity index (χ1n) is 14.1. The second-order valence-corrected chi connectivity index (χ2v) is 12.9. The van der Waals surface area contributed by atoms with E-state index in [-0.39, 0.29) is 12.1 Å². The molecule has 5 aliphatic rings. The molecule has 202 valence electrons. The molecule has 1 aromatic rings. The highest BCUT2D eigenvalue weighted by atomic mass is 16.5. The average Bonchev–Trinajstić information content (AvgIpc) is 2.81. The van der Waals surface area contributed by atoms with Crippen LogP contribution in [-0.2, 0) is 19.1 Å². The van der Waals surface area contributed by atoms with Crippen molar-refractivity contribution in [2.75, 3.05) is 11.9 Å². The number of ether oxygens (including phenoxy) is 2. The number of esters is 2. The Bertz CT molecular complexity index is 1040. The maximum absolute atomic E-state index is 13.2. The number of hydrogen-bond donors (Lipinski definition) is 2. The quantitative estimate of drug-likeness (QED) is 0.493. The Kier molecular flexibility index (Phi) is 7.12. The van der Waals surface area contributed by atoms with E-state index in [2.05, 4.69) is 26.1 Å². The van der Waals surface area contributed by atoms with Gasteiger partial charge in [-0.3, -0.25) is 9.59 Å². The lowest BCUT2D eigenvalue weighted by atomic mass is 9.48. The molecule has 5 atom stereocenters. The smallest absolute Gasteiger partial charge is 0.340 e. The molecule has 5 saturated carbocycles. The fraction of sp³-hybridized carbons (Fsp3) is 0.700. The molecular weight excluding hydrogens is 470 g/mol. The summed E-state index contributed by atoms with van der Waals surface area (Å²) < 4.78 is 11.5. The third-order valence-corrected chi connectivity index (χ3v) is 9.44. The van der Waals surface area contributed by atoms with Gasteiger partial charge >= 0.3 is 11.9 Å². The van der Waals surface area contributed by atoms with Crippen LogP contribution in [-0.4, -0.2) is 41.3 Å². The lowest BCUT2D eigenvalue weighted by Crippen LogP contribution is -2.58. The van der Waals surface area contributed by atoms with E-state index in [1.165, 1.54) is 0 Å². The predicted octanol–water partition coefficient (Wildman–Crippen LogP) is 5.12. The van der Waals surface area contributed by atoms with Crippen LogP contribution >= 0.6 is 0 Å². The number of carbonyl (C=O) groups is 3. The fourth-order valence-electron chi connectivity index (χ4n) is 8.14. The SMILES string of the molecule is CC(C)[C@H]1CC[C@H](C)C[C@H]1OC(=O)c1ccccc1NC(=O)COC(=O)C12C[C@@H]3C[C@H](CC(O)(C3)C1)C2. The molecule has 0 aliphatic heterocycles. The molecule has 5 fully saturated rings. The van der Waals surface area contributed by atoms with Crippen molar-refractivity contribution in [1.29, 1.82) is 0 Å². The van der Waals surface area contributed by atoms with Crippen molar-refractivity contribution in [3.05, 3.63) is 29.8 Å². The van der Waals surface area contributed by atoms with Crippen LogP contribution in [0.15, 0.2) is 24.3 Å². The van der Waals surface area contributed by atoms with Crippen molar-refractivity contribution >= 4 is 23.5 Å². The van der Waals surface area contributed by atoms with E-state index in [1.54, 1.807) is 24.3 Å². The Hall–Kier alpha value is -2.41. The first kappa shape index (κ1) is 26.2. The molecule has 6 rings (SSSR count). The maximum Gasteiger partial charge on any atom is 0.340 e. The number of benzene rings is 1. The van der Waals surface area contributed by atoms with Gasteiger partial charge in [0.15, 0.2) is 6.61 Å². The van der Waals surface area contributed by atoms with Crippen LogP contribution in [0, 0.1) is 35.0 Å². The summed E-state index contributed by atoms with van der Waals surface area (Å²) in [6.45, 7) is 6.10. The van der Waals surface area contributed by atoms with Gasteiger partial charge in [-0.25, -0.2) is 4.79 Å². The Morgan fingerprint density at radius 3 is 2.43 bits per heavy atom. The Labute approximate surface area is 219 Å². The molecule has 0 radical (unpaired) electrons. The summed E-state index contributed by atoms with van der Waals surface area (Å²) in [6.07, 6.45) is 7.39. The van der Waals surface area contributed by atoms with Crippen molar-refractivity contribution < 1.29 is 29.0 Å². The molecule has 7 nitrogen and oxygen atoms in total. The molecule has 1 aromatic carbocycles. The number of nitrogens with one attached hydrogen (secondary N) is 1. The zero-order valence-electron chi connectivity index (χ0n) is 22.3. The van der Waals surface area contributed by atoms with Crippen molar-refractivity contribution in [2.24, 2.45) is 35.0 Å². The van der Waals surface area contributed by atoms with Gasteiger partial charge in [-0.15, -0.1) is 0 Å². The van der Waals surface area contributed by atoms with E-state index < -0.39 is 29.5 Å². The fourth-order valence-corrected chi connectivity index (χ4v) is 8.14. The average molecular weight is 512 g/mol. The highest BCUT2D eigenvalue weighted by Gasteiger charge is 2.61. The first-order valence-corrected chi connectivity index (χ1v) is 14.1. The van der Waals surface area contributed by atoms with Crippen LogP contribution < -0.4 is 5.32 Å². The molecule has 1 amide bonds. The van der Waals surface area contributed by atoms with Gasteiger partial charge < -0.3 is 19.9 Å². The van der Waals surface area contributed by atoms with Crippen LogP contribution in [0.3, 0.4) is 0 Å². The van der Waals surface area contributed by atoms with E-state index in [9.17, 15) is 19.5 Å². The predicted molar refractivity (Wildman–Crippen MR) is 139 cm³/mol. The van der Waals surface area contributed by atoms with E-state index in [0.29, 0.717) is 47.3 Å². The third kappa shape index (κ3) is 5.43. The highest BCUT2D eigenvalue weighted by molar-refractivity contribution is 6.02. The van der Waals surface area contributed by atoms with E-state index in [0.717, 1.165) is 51.4 Å². The van der Waals surface area contributed by atoms with Crippen LogP contribution in [0.5, 0.6) is 0 Å². The molecule has 0 heterocycles. The molecule has 0 aromatic heterocycles. The molecule has 0 spiro atoms. The third-order valence-electron chi connectivity index (χ3n) is 9.44. The summed E-state index contributed by atoms with van der Waals surface area (Å²) in [5.41, 5.74) is -0.797. The Morgan fingerprint density at radius 2 is 1.76 bits per heavy atom. The summed E-state index contributed by atoms with van der Waals surface area (Å²) in [4.78, 5) is 39.0. The normalized spacial score (nSPS) is 36.3. The molecule has 37 heavy (non-hydrogen) atoms. The second kappa shape index (κ2) is 10.0. The summed E-state index contributed by atoms with van der Waals surface area (Å²) in [7, 11) is 0. The lowest BCUT2D eigenvalue weighted by Gasteiger charge is -2.58. The zero-order valence-corrected chi connectivity index (χ0v) is 22.3. The standard InChI is InChI=1S/C30H41NO6/c1-18(2)22-9-8-19(3)10-25(22)37-27(33)23-6-4-5-7-24(23)31-26(32)16-36-28(34)29-12-20-11-21(13-29)15-30(35,14-20)17-29/h4-7,18-22,25,35H,8-17H2,1-3H3,(H,31,32)/t19-,20-,21-,22+,25+,29?,30?/m0/s1.